The minimum absolute atomic E-state index is 0.778. The van der Waals surface area contributed by atoms with Gasteiger partial charge in [0.25, 0.3) is 0 Å². The molecule has 0 amide bonds. The standard InChI is InChI=1S/C6H14NO.C2F6NO4S2/c1-7(2)3-5-8-6-4-7;3-1(4,5)14(10,11)9-15(12,13)2(6,7)8/h3-6H2,1-2H3;/q+1;-1. The van der Waals surface area contributed by atoms with Crippen LogP contribution in [0.4, 0.5) is 26.3 Å². The molecule has 140 valence electrons. The number of quaternary nitrogens is 1. The zero-order valence-corrected chi connectivity index (χ0v) is 13.5. The molecule has 0 N–H and O–H groups in total. The van der Waals surface area contributed by atoms with Crippen LogP contribution in [0.1, 0.15) is 0 Å². The Morgan fingerprint density at radius 3 is 1.30 bits per heavy atom. The first-order valence-corrected chi connectivity index (χ1v) is 8.56. The minimum atomic E-state index is -6.72. The van der Waals surface area contributed by atoms with Gasteiger partial charge in [0.15, 0.2) is 20.0 Å². The first-order chi connectivity index (χ1) is 9.91. The van der Waals surface area contributed by atoms with E-state index in [9.17, 15) is 43.2 Å². The Bertz CT molecular complexity index is 545. The van der Waals surface area contributed by atoms with Crippen molar-refractivity contribution in [3.63, 3.8) is 0 Å². The highest BCUT2D eigenvalue weighted by Crippen LogP contribution is 2.36. The number of halogens is 6. The summed E-state index contributed by atoms with van der Waals surface area (Å²) in [5.41, 5.74) is -12.4. The third kappa shape index (κ3) is 7.19. The highest BCUT2D eigenvalue weighted by molar-refractivity contribution is 8.13. The van der Waals surface area contributed by atoms with Crippen LogP contribution in [0.15, 0.2) is 0 Å². The van der Waals surface area contributed by atoms with Gasteiger partial charge in [0, 0.05) is 0 Å². The zero-order valence-electron chi connectivity index (χ0n) is 11.8. The summed E-state index contributed by atoms with van der Waals surface area (Å²) in [5, 5.41) is 0. The van der Waals surface area contributed by atoms with Gasteiger partial charge in [-0.25, -0.2) is 16.8 Å². The summed E-state index contributed by atoms with van der Waals surface area (Å²) in [6.07, 6.45) is 0. The summed E-state index contributed by atoms with van der Waals surface area (Å²) in [6, 6.07) is 0. The van der Waals surface area contributed by atoms with Gasteiger partial charge in [0.05, 0.1) is 27.3 Å². The van der Waals surface area contributed by atoms with Crippen LogP contribution in [0.5, 0.6) is 0 Å². The van der Waals surface area contributed by atoms with Crippen LogP contribution in [-0.2, 0) is 24.8 Å². The Morgan fingerprint density at radius 2 is 1.13 bits per heavy atom. The summed E-state index contributed by atoms with van der Waals surface area (Å²) in [7, 11) is -8.97. The fourth-order valence-corrected chi connectivity index (χ4v) is 2.76. The van der Waals surface area contributed by atoms with E-state index in [1.807, 2.05) is 0 Å². The third-order valence-corrected chi connectivity index (χ3v) is 5.20. The van der Waals surface area contributed by atoms with E-state index in [4.69, 9.17) is 4.74 Å². The molecule has 0 saturated carbocycles. The zero-order chi connectivity index (χ0) is 18.7. The Kier molecular flexibility index (Phi) is 6.88. The molecule has 0 aromatic carbocycles. The molecule has 7 nitrogen and oxygen atoms in total. The van der Waals surface area contributed by atoms with Crippen molar-refractivity contribution in [2.24, 2.45) is 0 Å². The topological polar surface area (TPSA) is 91.6 Å². The van der Waals surface area contributed by atoms with Crippen molar-refractivity contribution in [2.45, 2.75) is 11.0 Å². The number of hydrogen-bond donors (Lipinski definition) is 0. The van der Waals surface area contributed by atoms with Crippen molar-refractivity contribution in [3.05, 3.63) is 4.13 Å². The summed E-state index contributed by atoms with van der Waals surface area (Å²) >= 11 is 0. The predicted molar refractivity (Wildman–Crippen MR) is 66.0 cm³/mol. The van der Waals surface area contributed by atoms with Gasteiger partial charge in [-0.2, -0.15) is 26.3 Å². The summed E-state index contributed by atoms with van der Waals surface area (Å²) in [4.78, 5) is 0. The highest BCUT2D eigenvalue weighted by Gasteiger charge is 2.46. The van der Waals surface area contributed by atoms with E-state index < -0.39 is 31.1 Å². The molecule has 0 radical (unpaired) electrons. The molecule has 23 heavy (non-hydrogen) atoms. The maximum absolute atomic E-state index is 11.4. The summed E-state index contributed by atoms with van der Waals surface area (Å²) in [5.74, 6) is 0. The van der Waals surface area contributed by atoms with Crippen molar-refractivity contribution in [1.29, 1.82) is 0 Å². The maximum atomic E-state index is 11.4. The van der Waals surface area contributed by atoms with Crippen molar-refractivity contribution in [3.8, 4) is 0 Å². The van der Waals surface area contributed by atoms with Gasteiger partial charge in [-0.05, 0) is 0 Å². The molecule has 0 spiro atoms. The second kappa shape index (κ2) is 7.08. The van der Waals surface area contributed by atoms with E-state index in [1.165, 1.54) is 13.1 Å². The molecule has 0 atom stereocenters. The van der Waals surface area contributed by atoms with Crippen LogP contribution < -0.4 is 0 Å². The summed E-state index contributed by atoms with van der Waals surface area (Å²) < 4.78 is 115. The van der Waals surface area contributed by atoms with Gasteiger partial charge in [-0.15, -0.1) is 0 Å². The molecule has 1 fully saturated rings. The molecule has 0 aromatic rings. The molecule has 1 saturated heterocycles. The maximum Gasteiger partial charge on any atom is 0.480 e. The van der Waals surface area contributed by atoms with E-state index in [0.717, 1.165) is 21.8 Å². The number of likely N-dealkylation sites (N-methyl/N-ethyl adjacent to an activating group) is 1. The number of nitrogens with zero attached hydrogens (tertiary/aromatic N) is 2. The van der Waals surface area contributed by atoms with Crippen LogP contribution in [0.25, 0.3) is 4.13 Å². The fraction of sp³-hybridized carbons (Fsp3) is 1.00. The second-order valence-corrected chi connectivity index (χ2v) is 8.33. The van der Waals surface area contributed by atoms with E-state index in [1.54, 1.807) is 0 Å². The molecule has 1 rings (SSSR count). The van der Waals surface area contributed by atoms with Crippen LogP contribution >= 0.6 is 0 Å². The molecule has 1 heterocycles. The van der Waals surface area contributed by atoms with Gasteiger partial charge < -0.3 is 13.3 Å². The van der Waals surface area contributed by atoms with E-state index >= 15 is 0 Å². The van der Waals surface area contributed by atoms with Gasteiger partial charge in [-0.1, -0.05) is 0 Å². The number of hydrogen-bond acceptors (Lipinski definition) is 5. The molecular weight excluding hydrogens is 382 g/mol. The van der Waals surface area contributed by atoms with Gasteiger partial charge >= 0.3 is 11.0 Å². The van der Waals surface area contributed by atoms with Crippen molar-refractivity contribution < 1.29 is 52.4 Å². The predicted octanol–water partition coefficient (Wildman–Crippen LogP) is 1.15. The number of alkyl halides is 6. The molecule has 1 aliphatic rings. The van der Waals surface area contributed by atoms with Crippen molar-refractivity contribution >= 4 is 20.0 Å². The van der Waals surface area contributed by atoms with Crippen molar-refractivity contribution in [1.82, 2.24) is 0 Å². The number of ether oxygens (including phenoxy) is 1. The average molecular weight is 396 g/mol. The van der Waals surface area contributed by atoms with E-state index in [-0.39, 0.29) is 0 Å². The smallest absolute Gasteiger partial charge is 0.421 e. The average Bonchev–Trinajstić information content (AvgIpc) is 2.24. The lowest BCUT2D eigenvalue weighted by atomic mass is 10.4. The monoisotopic (exact) mass is 396 g/mol. The van der Waals surface area contributed by atoms with Crippen LogP contribution in [0.2, 0.25) is 0 Å². The molecule has 0 bridgehead atoms. The van der Waals surface area contributed by atoms with Gasteiger partial charge in [-0.3, -0.25) is 0 Å². The Morgan fingerprint density at radius 1 is 0.826 bits per heavy atom. The Labute approximate surface area is 128 Å². The fourth-order valence-electron chi connectivity index (χ4n) is 1.05. The molecule has 0 aliphatic carbocycles. The minimum Gasteiger partial charge on any atom is -0.421 e. The summed E-state index contributed by atoms with van der Waals surface area (Å²) in [6.45, 7) is 4.21. The molecule has 0 unspecified atom stereocenters. The van der Waals surface area contributed by atoms with Gasteiger partial charge in [0.2, 0.25) is 0 Å². The Hall–Kier alpha value is -0.640. The van der Waals surface area contributed by atoms with Crippen LogP contribution in [0, 0.1) is 0 Å². The number of morpholine rings is 1. The third-order valence-electron chi connectivity index (χ3n) is 2.46. The van der Waals surface area contributed by atoms with Crippen LogP contribution in [-0.4, -0.2) is 72.7 Å². The lowest BCUT2D eigenvalue weighted by molar-refractivity contribution is -0.898. The van der Waals surface area contributed by atoms with E-state index in [0.29, 0.717) is 0 Å². The van der Waals surface area contributed by atoms with Crippen molar-refractivity contribution in [2.75, 3.05) is 40.4 Å². The normalized spacial score (nSPS) is 19.7. The lowest BCUT2D eigenvalue weighted by Gasteiger charge is -2.33. The van der Waals surface area contributed by atoms with E-state index in [2.05, 4.69) is 14.1 Å². The van der Waals surface area contributed by atoms with Gasteiger partial charge in [0.1, 0.15) is 13.1 Å². The molecule has 15 heteroatoms. The lowest BCUT2D eigenvalue weighted by Crippen LogP contribution is -2.48. The number of sulfonamides is 2. The quantitative estimate of drug-likeness (QED) is 0.516. The first kappa shape index (κ1) is 22.4. The molecular formula is C8H14F6N2O5S2. The number of rotatable bonds is 2. The molecule has 1 aliphatic heterocycles. The first-order valence-electron chi connectivity index (χ1n) is 5.68. The largest absolute Gasteiger partial charge is 0.480 e. The molecule has 0 aromatic heterocycles. The highest BCUT2D eigenvalue weighted by atomic mass is 32.3. The SMILES string of the molecule is C[N+]1(C)CCOCC1.O=S(=O)([N-]S(=O)(=O)C(F)(F)F)C(F)(F)F. The Balaban J connectivity index is 0.000000502. The van der Waals surface area contributed by atoms with Crippen LogP contribution in [0.3, 0.4) is 0 Å². The second-order valence-electron chi connectivity index (χ2n) is 4.91.